The molecule has 0 fully saturated rings. The molecule has 0 saturated carbocycles. The number of carbonyl (C=O) groups is 2. The molecule has 9 heteroatoms. The Bertz CT molecular complexity index is 1250. The van der Waals surface area contributed by atoms with Crippen LogP contribution in [0.5, 0.6) is 5.88 Å². The van der Waals surface area contributed by atoms with Crippen molar-refractivity contribution in [1.29, 1.82) is 0 Å². The highest BCUT2D eigenvalue weighted by Crippen LogP contribution is 2.39. The topological polar surface area (TPSA) is 128 Å². The van der Waals surface area contributed by atoms with E-state index in [0.29, 0.717) is 34.9 Å². The minimum atomic E-state index is -1.06. The van der Waals surface area contributed by atoms with E-state index in [1.807, 2.05) is 43.3 Å². The summed E-state index contributed by atoms with van der Waals surface area (Å²) in [7, 11) is 0. The summed E-state index contributed by atoms with van der Waals surface area (Å²) in [6, 6.07) is 12.1. The van der Waals surface area contributed by atoms with Crippen LogP contribution in [-0.4, -0.2) is 43.1 Å². The van der Waals surface area contributed by atoms with E-state index in [4.69, 9.17) is 0 Å². The number of benzene rings is 1. The summed E-state index contributed by atoms with van der Waals surface area (Å²) in [5.41, 5.74) is 2.37. The molecule has 0 aliphatic carbocycles. The molecule has 4 N–H and O–H groups in total. The number of fused-ring (bicyclic) bond motifs is 1. The lowest BCUT2D eigenvalue weighted by molar-refractivity contribution is -0.139. The third-order valence-corrected chi connectivity index (χ3v) is 6.83. The van der Waals surface area contributed by atoms with E-state index in [2.05, 4.69) is 20.3 Å². The number of amides is 1. The van der Waals surface area contributed by atoms with Gasteiger partial charge in [-0.1, -0.05) is 37.3 Å². The first-order valence-electron chi connectivity index (χ1n) is 10.5. The molecule has 2 aromatic rings. The number of nitrogens with one attached hydrogen (secondary N) is 2. The summed E-state index contributed by atoms with van der Waals surface area (Å²) in [5.74, 6) is -0.589. The minimum absolute atomic E-state index is 0.0853. The third kappa shape index (κ3) is 4.88. The summed E-state index contributed by atoms with van der Waals surface area (Å²) >= 11 is 1.29. The van der Waals surface area contributed by atoms with E-state index in [9.17, 15) is 19.8 Å². The molecule has 0 spiro atoms. The quantitative estimate of drug-likeness (QED) is 0.313. The van der Waals surface area contributed by atoms with E-state index in [1.54, 1.807) is 19.2 Å². The second-order valence-electron chi connectivity index (χ2n) is 7.90. The highest BCUT2D eigenvalue weighted by atomic mass is 32.1. The van der Waals surface area contributed by atoms with Gasteiger partial charge in [0.25, 0.3) is 5.91 Å². The lowest BCUT2D eigenvalue weighted by atomic mass is 9.98. The summed E-state index contributed by atoms with van der Waals surface area (Å²) in [6.45, 7) is 3.70. The fourth-order valence-corrected chi connectivity index (χ4v) is 4.76. The number of nitrogens with zero attached hydrogens (tertiary/aromatic N) is 2. The van der Waals surface area contributed by atoms with E-state index in [-0.39, 0.29) is 11.8 Å². The number of carboxylic acid groups (broad SMARTS) is 1. The van der Waals surface area contributed by atoms with Crippen LogP contribution in [0.1, 0.15) is 50.8 Å². The molecule has 2 aliphatic heterocycles. The standard InChI is InChI=1S/C24H24N4O4S/c1-13(16-12-25-21-20(16)23(30)27-14(2)26-21)18-10-11-19(33-18)22(29)28-17(24(31)32)9-8-15-6-4-3-5-7-15/h3-7,10-13,17H,8-9H2,1-2H3,(H,28,29)(H,31,32)(H2,25,26,27,30). The lowest BCUT2D eigenvalue weighted by Gasteiger charge is -2.14. The monoisotopic (exact) mass is 464 g/mol. The normalized spacial score (nSPS) is 13.0. The molecule has 1 aromatic carbocycles. The van der Waals surface area contributed by atoms with Gasteiger partial charge in [0, 0.05) is 17.0 Å². The Morgan fingerprint density at radius 3 is 2.67 bits per heavy atom. The highest BCUT2D eigenvalue weighted by Gasteiger charge is 2.26. The van der Waals surface area contributed by atoms with Crippen molar-refractivity contribution >= 4 is 23.2 Å². The number of carbonyl (C=O) groups excluding carboxylic acids is 1. The van der Waals surface area contributed by atoms with Crippen molar-refractivity contribution in [2.24, 2.45) is 0 Å². The van der Waals surface area contributed by atoms with Gasteiger partial charge in [0.05, 0.1) is 10.4 Å². The first kappa shape index (κ1) is 22.5. The highest BCUT2D eigenvalue weighted by molar-refractivity contribution is 7.14. The predicted octanol–water partition coefficient (Wildman–Crippen LogP) is 3.95. The molecule has 3 heterocycles. The van der Waals surface area contributed by atoms with Gasteiger partial charge in [-0.15, -0.1) is 11.3 Å². The van der Waals surface area contributed by atoms with Gasteiger partial charge in [-0.2, -0.15) is 0 Å². The Morgan fingerprint density at radius 2 is 1.94 bits per heavy atom. The SMILES string of the molecule is Cc1nc(O)c2c(C(C)c3ccc(C(=O)NC(CCc4ccccc4)C(=O)O)s3)cnc-2[nH]1. The Labute approximate surface area is 194 Å². The number of aromatic nitrogens is 3. The van der Waals surface area contributed by atoms with Crippen LogP contribution >= 0.6 is 11.3 Å². The van der Waals surface area contributed by atoms with Gasteiger partial charge < -0.3 is 20.5 Å². The molecule has 4 rings (SSSR count). The smallest absolute Gasteiger partial charge is 0.326 e. The van der Waals surface area contributed by atoms with Crippen molar-refractivity contribution in [3.63, 3.8) is 0 Å². The number of aliphatic carboxylic acids is 1. The molecular formula is C24H24N4O4S. The lowest BCUT2D eigenvalue weighted by Crippen LogP contribution is -2.40. The fraction of sp³-hybridized carbons (Fsp3) is 0.250. The number of rotatable bonds is 8. The molecule has 1 amide bonds. The first-order chi connectivity index (χ1) is 15.8. The van der Waals surface area contributed by atoms with Crippen LogP contribution in [0.3, 0.4) is 0 Å². The van der Waals surface area contributed by atoms with Crippen LogP contribution in [0.25, 0.3) is 11.4 Å². The van der Waals surface area contributed by atoms with E-state index in [0.717, 1.165) is 16.0 Å². The van der Waals surface area contributed by atoms with Crippen molar-refractivity contribution < 1.29 is 19.8 Å². The number of aromatic amines is 1. The summed E-state index contributed by atoms with van der Waals surface area (Å²) in [6.07, 6.45) is 2.54. The number of H-pyrrole nitrogens is 1. The maximum atomic E-state index is 12.8. The van der Waals surface area contributed by atoms with Crippen LogP contribution in [0.2, 0.25) is 0 Å². The average molecular weight is 465 g/mol. The van der Waals surface area contributed by atoms with Crippen molar-refractivity contribution in [3.05, 3.63) is 75.4 Å². The van der Waals surface area contributed by atoms with Crippen LogP contribution in [0.4, 0.5) is 0 Å². The molecular weight excluding hydrogens is 440 g/mol. The largest absolute Gasteiger partial charge is 0.493 e. The Morgan fingerprint density at radius 1 is 1.18 bits per heavy atom. The maximum absolute atomic E-state index is 12.8. The molecule has 2 atom stereocenters. The molecule has 2 aliphatic rings. The van der Waals surface area contributed by atoms with Gasteiger partial charge in [0.1, 0.15) is 17.7 Å². The summed E-state index contributed by atoms with van der Waals surface area (Å²) in [5, 5.41) is 22.5. The summed E-state index contributed by atoms with van der Waals surface area (Å²) < 4.78 is 0. The van der Waals surface area contributed by atoms with Gasteiger partial charge in [-0.3, -0.25) is 4.79 Å². The minimum Gasteiger partial charge on any atom is -0.493 e. The average Bonchev–Trinajstić information content (AvgIpc) is 3.44. The molecule has 2 unspecified atom stereocenters. The molecule has 33 heavy (non-hydrogen) atoms. The van der Waals surface area contributed by atoms with Crippen LogP contribution < -0.4 is 5.32 Å². The van der Waals surface area contributed by atoms with Gasteiger partial charge in [-0.25, -0.2) is 14.8 Å². The second-order valence-corrected chi connectivity index (χ2v) is 9.01. The predicted molar refractivity (Wildman–Crippen MR) is 125 cm³/mol. The second kappa shape index (κ2) is 9.41. The number of thiophene rings is 1. The Kier molecular flexibility index (Phi) is 6.41. The zero-order chi connectivity index (χ0) is 23.5. The van der Waals surface area contributed by atoms with E-state index in [1.165, 1.54) is 11.3 Å². The van der Waals surface area contributed by atoms with Crippen molar-refractivity contribution in [1.82, 2.24) is 20.3 Å². The number of hydrogen-bond acceptors (Lipinski definition) is 6. The zero-order valence-corrected chi connectivity index (χ0v) is 19.0. The van der Waals surface area contributed by atoms with Gasteiger partial charge >= 0.3 is 5.97 Å². The van der Waals surface area contributed by atoms with Crippen molar-refractivity contribution in [2.45, 2.75) is 38.6 Å². The van der Waals surface area contributed by atoms with Crippen molar-refractivity contribution in [2.75, 3.05) is 0 Å². The van der Waals surface area contributed by atoms with Crippen LogP contribution in [0, 0.1) is 6.92 Å². The third-order valence-electron chi connectivity index (χ3n) is 5.57. The zero-order valence-electron chi connectivity index (χ0n) is 18.2. The molecule has 8 nitrogen and oxygen atoms in total. The van der Waals surface area contributed by atoms with Crippen LogP contribution in [0.15, 0.2) is 48.7 Å². The number of hydrogen-bond donors (Lipinski definition) is 4. The molecule has 0 saturated heterocycles. The van der Waals surface area contributed by atoms with Crippen LogP contribution in [-0.2, 0) is 11.2 Å². The van der Waals surface area contributed by atoms with Gasteiger partial charge in [0.2, 0.25) is 5.88 Å². The first-order valence-corrected chi connectivity index (χ1v) is 11.4. The van der Waals surface area contributed by atoms with Gasteiger partial charge in [0.15, 0.2) is 0 Å². The Balaban J connectivity index is 1.47. The molecule has 0 radical (unpaired) electrons. The van der Waals surface area contributed by atoms with E-state index >= 15 is 0 Å². The fourth-order valence-electron chi connectivity index (χ4n) is 3.78. The number of aromatic hydroxyl groups is 1. The van der Waals surface area contributed by atoms with Crippen molar-refractivity contribution in [3.8, 4) is 17.3 Å². The summed E-state index contributed by atoms with van der Waals surface area (Å²) in [4.78, 5) is 37.2. The molecule has 1 aromatic heterocycles. The van der Waals surface area contributed by atoms with E-state index < -0.39 is 17.9 Å². The van der Waals surface area contributed by atoms with Gasteiger partial charge in [-0.05, 0) is 43.0 Å². The molecule has 0 bridgehead atoms. The molecule has 170 valence electrons. The number of aryl methyl sites for hydroxylation is 2. The maximum Gasteiger partial charge on any atom is 0.326 e. The Hall–Kier alpha value is -3.72. The number of carboxylic acids is 1.